The SMILES string of the molecule is [2H]C([2H])([2H])c1cc(-c2ccccc2)ccc1-n1c(-c2cc(C(C([2H])([2H])[2H])(C([2H])([2H])[2H])C([2H])([2H])[2H])cc(C(C([2H])([2H])[2H])(C([2H])([2H])[2H])C([2H])([2H])[2H])c2O)nc2c(-c3[c-]c(-c4cc(-c5ccccc5)ccn4)cc(-c4ccccc4)c3)cccc21.[Pt]. The molecule has 0 radical (unpaired) electrons. The Morgan fingerprint density at radius 3 is 1.84 bits per heavy atom. The fourth-order valence-electron chi connectivity index (χ4n) is 7.63. The maximum Gasteiger partial charge on any atom is 0.148 e. The van der Waals surface area contributed by atoms with E-state index in [1.54, 1.807) is 60.8 Å². The number of phenolic OH excluding ortho intramolecular Hbond substituents is 1. The summed E-state index contributed by atoms with van der Waals surface area (Å²) in [5, 5.41) is 13.0. The van der Waals surface area contributed by atoms with Gasteiger partial charge in [0.2, 0.25) is 0 Å². The van der Waals surface area contributed by atoms with Crippen molar-refractivity contribution >= 4 is 11.0 Å². The van der Waals surface area contributed by atoms with Crippen LogP contribution < -0.4 is 0 Å². The Balaban J connectivity index is 0.00000900. The van der Waals surface area contributed by atoms with E-state index in [4.69, 9.17) is 38.8 Å². The topological polar surface area (TPSA) is 50.9 Å². The number of hydrogen-bond acceptors (Lipinski definition) is 3. The predicted molar refractivity (Wildman–Crippen MR) is 254 cm³/mol. The Hall–Kier alpha value is -6.35. The molecule has 0 spiro atoms. The van der Waals surface area contributed by atoms with E-state index < -0.39 is 87.1 Å². The number of para-hydroxylation sites is 1. The third-order valence-corrected chi connectivity index (χ3v) is 10.6. The van der Waals surface area contributed by atoms with Crippen LogP contribution in [0.3, 0.4) is 0 Å². The van der Waals surface area contributed by atoms with Crippen molar-refractivity contribution < 1.29 is 55.0 Å². The summed E-state index contributed by atoms with van der Waals surface area (Å²) in [7, 11) is 0. The summed E-state index contributed by atoms with van der Waals surface area (Å²) in [4.78, 5) is 9.74. The molecule has 0 saturated carbocycles. The van der Waals surface area contributed by atoms with Gasteiger partial charge in [-0.3, -0.25) is 9.55 Å². The predicted octanol–water partition coefficient (Wildman–Crippen LogP) is 14.8. The summed E-state index contributed by atoms with van der Waals surface area (Å²) < 4.78 is 185. The van der Waals surface area contributed by atoms with E-state index in [9.17, 15) is 5.11 Å². The van der Waals surface area contributed by atoms with Gasteiger partial charge < -0.3 is 5.11 Å². The van der Waals surface area contributed by atoms with Crippen LogP contribution in [0.2, 0.25) is 0 Å². The van der Waals surface area contributed by atoms with Gasteiger partial charge in [0.05, 0.1) is 22.3 Å². The number of aromatic hydroxyl groups is 1. The number of imidazole rings is 1. The number of phenols is 1. The van der Waals surface area contributed by atoms with Gasteiger partial charge in [0.15, 0.2) is 0 Å². The molecule has 9 rings (SSSR count). The van der Waals surface area contributed by atoms with Gasteiger partial charge in [0.1, 0.15) is 11.6 Å². The molecule has 0 bridgehead atoms. The summed E-state index contributed by atoms with van der Waals surface area (Å²) in [6.07, 6.45) is 1.65. The molecule has 9 aromatic rings. The molecule has 310 valence electrons. The number of benzene rings is 7. The Morgan fingerprint density at radius 1 is 0.565 bits per heavy atom. The van der Waals surface area contributed by atoms with Crippen LogP contribution in [-0.2, 0) is 31.9 Å². The van der Waals surface area contributed by atoms with Gasteiger partial charge in [-0.25, -0.2) is 4.98 Å². The molecular formula is C57H50N3OPt-. The molecule has 0 aliphatic heterocycles. The summed E-state index contributed by atoms with van der Waals surface area (Å²) in [6, 6.07) is 48.2. The molecule has 0 unspecified atom stereocenters. The molecule has 0 aliphatic carbocycles. The minimum absolute atomic E-state index is 0. The summed E-state index contributed by atoms with van der Waals surface area (Å²) in [5.41, 5.74) is -7.07. The number of aromatic nitrogens is 3. The van der Waals surface area contributed by atoms with Crippen molar-refractivity contribution in [1.29, 1.82) is 0 Å². The number of nitrogens with zero attached hydrogens (tertiary/aromatic N) is 3. The first-order chi connectivity index (χ1) is 38.0. The van der Waals surface area contributed by atoms with Crippen molar-refractivity contribution in [3.05, 3.63) is 193 Å². The van der Waals surface area contributed by atoms with E-state index in [-0.39, 0.29) is 55.0 Å². The molecule has 5 heteroatoms. The molecule has 0 saturated heterocycles. The summed E-state index contributed by atoms with van der Waals surface area (Å²) in [6.45, 7) is -28.0. The van der Waals surface area contributed by atoms with Crippen LogP contribution in [0, 0.1) is 12.9 Å². The first kappa shape index (κ1) is 23.8. The molecule has 2 aromatic heterocycles. The molecule has 1 N–H and O–H groups in total. The number of hydrogen-bond donors (Lipinski definition) is 1. The van der Waals surface area contributed by atoms with E-state index in [1.165, 1.54) is 22.8 Å². The quantitative estimate of drug-likeness (QED) is 0.162. The van der Waals surface area contributed by atoms with Gasteiger partial charge in [0, 0.05) is 67.3 Å². The summed E-state index contributed by atoms with van der Waals surface area (Å²) >= 11 is 0. The van der Waals surface area contributed by atoms with Gasteiger partial charge in [-0.1, -0.05) is 179 Å². The fourth-order valence-corrected chi connectivity index (χ4v) is 7.63. The number of aryl methyl sites for hydroxylation is 1. The third kappa shape index (κ3) is 8.20. The van der Waals surface area contributed by atoms with Gasteiger partial charge in [-0.15, -0.1) is 23.8 Å². The average molecular weight is 1010 g/mol. The van der Waals surface area contributed by atoms with E-state index in [1.807, 2.05) is 78.9 Å². The van der Waals surface area contributed by atoms with Crippen molar-refractivity contribution in [2.75, 3.05) is 0 Å². The fraction of sp³-hybridized carbons (Fsp3) is 0.158. The van der Waals surface area contributed by atoms with E-state index in [2.05, 4.69) is 6.07 Å². The normalized spacial score (nSPS) is 18.2. The van der Waals surface area contributed by atoms with Crippen molar-refractivity contribution in [2.24, 2.45) is 0 Å². The maximum atomic E-state index is 13.0. The van der Waals surface area contributed by atoms with Crippen molar-refractivity contribution in [1.82, 2.24) is 14.5 Å². The van der Waals surface area contributed by atoms with Crippen LogP contribution in [0.15, 0.2) is 170 Å². The van der Waals surface area contributed by atoms with Crippen LogP contribution in [0.1, 0.15) is 86.6 Å². The molecule has 0 atom stereocenters. The van der Waals surface area contributed by atoms with Gasteiger partial charge in [0.25, 0.3) is 0 Å². The molecule has 62 heavy (non-hydrogen) atoms. The number of rotatable bonds is 7. The Morgan fingerprint density at radius 2 is 1.19 bits per heavy atom. The van der Waals surface area contributed by atoms with Crippen LogP contribution in [0.4, 0.5) is 0 Å². The second-order valence-corrected chi connectivity index (χ2v) is 14.8. The monoisotopic (exact) mass is 1010 g/mol. The number of pyridine rings is 1. The zero-order valence-electron chi connectivity index (χ0n) is 53.8. The van der Waals surface area contributed by atoms with Gasteiger partial charge in [-0.2, -0.15) is 0 Å². The Bertz CT molecular complexity index is 3770. The largest absolute Gasteiger partial charge is 0.507 e. The molecule has 4 nitrogen and oxygen atoms in total. The average Bonchev–Trinajstić information content (AvgIpc) is 1.23. The van der Waals surface area contributed by atoms with Gasteiger partial charge >= 0.3 is 0 Å². The maximum absolute atomic E-state index is 13.0. The van der Waals surface area contributed by atoms with Crippen LogP contribution >= 0.6 is 0 Å². The number of fused-ring (bicyclic) bond motifs is 1. The van der Waals surface area contributed by atoms with Gasteiger partial charge in [-0.05, 0) is 87.0 Å². The molecule has 0 amide bonds. The molecule has 0 aliphatic rings. The molecule has 0 fully saturated rings. The van der Waals surface area contributed by atoms with Crippen molar-refractivity contribution in [3.63, 3.8) is 0 Å². The Labute approximate surface area is 409 Å². The second-order valence-electron chi connectivity index (χ2n) is 14.8. The Kier molecular flexibility index (Phi) is 6.45. The van der Waals surface area contributed by atoms with Crippen LogP contribution in [-0.4, -0.2) is 19.6 Å². The molecule has 2 heterocycles. The van der Waals surface area contributed by atoms with Crippen LogP contribution in [0.25, 0.3) is 83.9 Å². The molecule has 7 aromatic carbocycles. The zero-order chi connectivity index (χ0) is 60.0. The van der Waals surface area contributed by atoms with E-state index >= 15 is 0 Å². The first-order valence-corrected chi connectivity index (χ1v) is 19.3. The summed E-state index contributed by atoms with van der Waals surface area (Å²) in [5.74, 6) is -2.16. The first-order valence-electron chi connectivity index (χ1n) is 29.8. The van der Waals surface area contributed by atoms with Crippen LogP contribution in [0.5, 0.6) is 5.75 Å². The standard InChI is InChI=1S/C57H50N3O.Pt/c1-37-30-41(38-18-11-8-12-19-38)26-27-51(37)60-52-25-17-24-47(53(52)59-55(60)48-35-46(56(2,3)4)36-49(54(48)61)57(5,6)7)44-31-43(40-22-15-10-16-23-40)32-45(33-44)50-34-42(28-29-58-50)39-20-13-9-14-21-39;/h8-32,34-36,61H,1-7H3;/q-1;/i1D3,2D3,3D3,4D3,5D3,6D3,7D3;. The minimum Gasteiger partial charge on any atom is -0.507 e. The molecular weight excluding hydrogens is 938 g/mol. The van der Waals surface area contributed by atoms with Crippen molar-refractivity contribution in [3.8, 4) is 78.6 Å². The smallest absolute Gasteiger partial charge is 0.148 e. The zero-order valence-corrected chi connectivity index (χ0v) is 35.0. The third-order valence-electron chi connectivity index (χ3n) is 10.6. The van der Waals surface area contributed by atoms with E-state index in [0.717, 1.165) is 16.7 Å². The van der Waals surface area contributed by atoms with E-state index in [0.29, 0.717) is 39.6 Å². The van der Waals surface area contributed by atoms with Crippen molar-refractivity contribution in [2.45, 2.75) is 58.8 Å². The second kappa shape index (κ2) is 16.8. The minimum atomic E-state index is -4.23.